The molecule has 7 heteroatoms. The summed E-state index contributed by atoms with van der Waals surface area (Å²) in [6, 6.07) is 14.5. The minimum absolute atomic E-state index is 0.0623. The molecule has 1 unspecified atom stereocenters. The van der Waals surface area contributed by atoms with Gasteiger partial charge >= 0.3 is 0 Å². The Bertz CT molecular complexity index is 1310. The standard InChI is InChI=1S/C29H37N5O2/c1-8-22-18-33(26-16-28(35)32(7)25-14-15-27(30-6)31-29(25)26)20(5)17-34(22)24(9-2)21-10-12-23(13-11-21)36-19(3)4/h10-16,19-20,22,24H,8-9,17-18H2,1-5,7H3/t20-,22+,24?/m0/s1. The second kappa shape index (κ2) is 10.7. The second-order valence-corrected chi connectivity index (χ2v) is 10.00. The zero-order chi connectivity index (χ0) is 26.0. The molecule has 1 aromatic carbocycles. The zero-order valence-corrected chi connectivity index (χ0v) is 22.2. The van der Waals surface area contributed by atoms with E-state index in [1.54, 1.807) is 23.7 Å². The number of hydrogen-bond donors (Lipinski definition) is 0. The first-order valence-electron chi connectivity index (χ1n) is 12.9. The molecule has 3 atom stereocenters. The highest BCUT2D eigenvalue weighted by molar-refractivity contribution is 5.89. The maximum atomic E-state index is 12.8. The van der Waals surface area contributed by atoms with Crippen molar-refractivity contribution in [2.45, 2.75) is 71.7 Å². The highest BCUT2D eigenvalue weighted by atomic mass is 16.5. The normalized spacial score (nSPS) is 19.4. The van der Waals surface area contributed by atoms with E-state index >= 15 is 0 Å². The number of benzene rings is 1. The molecule has 2 aromatic heterocycles. The molecule has 0 bridgehead atoms. The van der Waals surface area contributed by atoms with Crippen molar-refractivity contribution in [1.82, 2.24) is 14.5 Å². The van der Waals surface area contributed by atoms with Gasteiger partial charge in [-0.2, -0.15) is 0 Å². The SMILES string of the molecule is [C-]#[N+]c1ccc2c(n1)c(N1C[C@@H](CC)N(C(CC)c3ccc(OC(C)C)cc3)C[C@@H]1C)cc(=O)n2C. The Morgan fingerprint density at radius 1 is 1.14 bits per heavy atom. The smallest absolute Gasteiger partial charge is 0.270 e. The maximum absolute atomic E-state index is 12.8. The fourth-order valence-corrected chi connectivity index (χ4v) is 5.43. The van der Waals surface area contributed by atoms with Gasteiger partial charge in [-0.05, 0) is 63.4 Å². The highest BCUT2D eigenvalue weighted by Crippen LogP contribution is 2.35. The molecule has 3 heterocycles. The van der Waals surface area contributed by atoms with Crippen LogP contribution >= 0.6 is 0 Å². The molecule has 190 valence electrons. The summed E-state index contributed by atoms with van der Waals surface area (Å²) in [5.74, 6) is 1.24. The molecular formula is C29H37N5O2. The van der Waals surface area contributed by atoms with Gasteiger partial charge in [-0.15, -0.1) is 4.98 Å². The molecule has 0 N–H and O–H groups in total. The van der Waals surface area contributed by atoms with E-state index in [0.717, 1.165) is 42.9 Å². The number of rotatable bonds is 7. The fourth-order valence-electron chi connectivity index (χ4n) is 5.43. The monoisotopic (exact) mass is 487 g/mol. The van der Waals surface area contributed by atoms with Gasteiger partial charge in [0.1, 0.15) is 5.75 Å². The summed E-state index contributed by atoms with van der Waals surface area (Å²) >= 11 is 0. The molecular weight excluding hydrogens is 450 g/mol. The van der Waals surface area contributed by atoms with Crippen molar-refractivity contribution in [3.8, 4) is 5.75 Å². The lowest BCUT2D eigenvalue weighted by molar-refractivity contribution is 0.0943. The Morgan fingerprint density at radius 2 is 1.86 bits per heavy atom. The van der Waals surface area contributed by atoms with Crippen molar-refractivity contribution in [1.29, 1.82) is 0 Å². The van der Waals surface area contributed by atoms with Crippen LogP contribution in [0.15, 0.2) is 47.3 Å². The first-order valence-corrected chi connectivity index (χ1v) is 12.9. The largest absolute Gasteiger partial charge is 0.491 e. The molecule has 1 aliphatic rings. The maximum Gasteiger partial charge on any atom is 0.270 e. The van der Waals surface area contributed by atoms with Crippen molar-refractivity contribution in [2.75, 3.05) is 18.0 Å². The Morgan fingerprint density at radius 3 is 2.47 bits per heavy atom. The number of anilines is 1. The van der Waals surface area contributed by atoms with Gasteiger partial charge in [-0.1, -0.05) is 32.6 Å². The predicted molar refractivity (Wildman–Crippen MR) is 146 cm³/mol. The molecule has 1 saturated heterocycles. The molecule has 7 nitrogen and oxygen atoms in total. The molecule has 0 saturated carbocycles. The molecule has 36 heavy (non-hydrogen) atoms. The van der Waals surface area contributed by atoms with Crippen molar-refractivity contribution in [2.24, 2.45) is 7.05 Å². The zero-order valence-electron chi connectivity index (χ0n) is 22.2. The molecule has 1 fully saturated rings. The van der Waals surface area contributed by atoms with Gasteiger partial charge in [-0.25, -0.2) is 0 Å². The molecule has 0 amide bonds. The Balaban J connectivity index is 1.67. The number of ether oxygens (including phenoxy) is 1. The van der Waals surface area contributed by atoms with Crippen LogP contribution in [-0.2, 0) is 7.05 Å². The molecule has 0 aliphatic carbocycles. The van der Waals surface area contributed by atoms with Gasteiger partial charge in [0.2, 0.25) is 5.52 Å². The lowest BCUT2D eigenvalue weighted by Crippen LogP contribution is -2.58. The van der Waals surface area contributed by atoms with Crippen molar-refractivity contribution in [3.05, 3.63) is 69.8 Å². The Hall–Kier alpha value is -3.37. The van der Waals surface area contributed by atoms with E-state index in [1.807, 2.05) is 19.9 Å². The first kappa shape index (κ1) is 25.7. The third-order valence-corrected chi connectivity index (χ3v) is 7.26. The fraction of sp³-hybridized carbons (Fsp3) is 0.483. The summed E-state index contributed by atoms with van der Waals surface area (Å²) in [5, 5.41) is 0. The van der Waals surface area contributed by atoms with Crippen LogP contribution in [0.2, 0.25) is 0 Å². The summed E-state index contributed by atoms with van der Waals surface area (Å²) < 4.78 is 7.46. The van der Waals surface area contributed by atoms with Crippen molar-refractivity contribution < 1.29 is 4.74 Å². The Kier molecular flexibility index (Phi) is 7.65. The second-order valence-electron chi connectivity index (χ2n) is 10.00. The summed E-state index contributed by atoms with van der Waals surface area (Å²) in [4.78, 5) is 25.9. The van der Waals surface area contributed by atoms with Crippen LogP contribution in [0.4, 0.5) is 11.5 Å². The number of pyridine rings is 2. The lowest BCUT2D eigenvalue weighted by atomic mass is 9.95. The molecule has 3 aromatic rings. The minimum Gasteiger partial charge on any atom is -0.491 e. The molecule has 0 spiro atoms. The van der Waals surface area contributed by atoms with E-state index < -0.39 is 0 Å². The van der Waals surface area contributed by atoms with Crippen LogP contribution in [-0.4, -0.2) is 45.7 Å². The highest BCUT2D eigenvalue weighted by Gasteiger charge is 2.36. The average molecular weight is 488 g/mol. The summed E-state index contributed by atoms with van der Waals surface area (Å²) in [7, 11) is 1.76. The van der Waals surface area contributed by atoms with Crippen LogP contribution < -0.4 is 15.2 Å². The number of nitrogens with zero attached hydrogens (tertiary/aromatic N) is 5. The van der Waals surface area contributed by atoms with Crippen LogP contribution in [0.25, 0.3) is 15.9 Å². The van der Waals surface area contributed by atoms with Crippen LogP contribution in [0.5, 0.6) is 5.75 Å². The quantitative estimate of drug-likeness (QED) is 0.400. The summed E-state index contributed by atoms with van der Waals surface area (Å²) in [6.07, 6.45) is 2.17. The lowest BCUT2D eigenvalue weighted by Gasteiger charge is -2.49. The third kappa shape index (κ3) is 4.96. The number of fused-ring (bicyclic) bond motifs is 1. The molecule has 1 aliphatic heterocycles. The van der Waals surface area contributed by atoms with Gasteiger partial charge in [0.15, 0.2) is 0 Å². The third-order valence-electron chi connectivity index (χ3n) is 7.26. The predicted octanol–water partition coefficient (Wildman–Crippen LogP) is 5.71. The van der Waals surface area contributed by atoms with Crippen molar-refractivity contribution >= 4 is 22.5 Å². The van der Waals surface area contributed by atoms with Crippen LogP contribution in [0.1, 0.15) is 59.1 Å². The van der Waals surface area contributed by atoms with Gasteiger partial charge in [0.05, 0.1) is 17.3 Å². The first-order chi connectivity index (χ1) is 17.3. The van der Waals surface area contributed by atoms with Crippen LogP contribution in [0.3, 0.4) is 0 Å². The number of hydrogen-bond acceptors (Lipinski definition) is 5. The molecule has 0 radical (unpaired) electrons. The number of aromatic nitrogens is 2. The minimum atomic E-state index is -0.0623. The average Bonchev–Trinajstić information content (AvgIpc) is 2.87. The van der Waals surface area contributed by atoms with E-state index in [0.29, 0.717) is 23.4 Å². The van der Waals surface area contributed by atoms with E-state index in [4.69, 9.17) is 11.3 Å². The van der Waals surface area contributed by atoms with E-state index in [1.165, 1.54) is 5.56 Å². The van der Waals surface area contributed by atoms with E-state index in [2.05, 4.69) is 64.7 Å². The van der Waals surface area contributed by atoms with Gasteiger partial charge < -0.3 is 19.0 Å². The summed E-state index contributed by atoms with van der Waals surface area (Å²) in [6.45, 7) is 19.9. The number of piperazine rings is 1. The van der Waals surface area contributed by atoms with Gasteiger partial charge in [0, 0.05) is 44.3 Å². The molecule has 4 rings (SSSR count). The van der Waals surface area contributed by atoms with E-state index in [9.17, 15) is 4.79 Å². The topological polar surface area (TPSA) is 55.0 Å². The van der Waals surface area contributed by atoms with E-state index in [-0.39, 0.29) is 17.7 Å². The summed E-state index contributed by atoms with van der Waals surface area (Å²) in [5.41, 5.74) is 3.53. The van der Waals surface area contributed by atoms with Gasteiger partial charge in [0.25, 0.3) is 11.4 Å². The number of aryl methyl sites for hydroxylation is 1. The van der Waals surface area contributed by atoms with Crippen molar-refractivity contribution in [3.63, 3.8) is 0 Å². The Labute approximate surface area is 214 Å². The van der Waals surface area contributed by atoms with Crippen LogP contribution in [0, 0.1) is 6.57 Å². The van der Waals surface area contributed by atoms with Gasteiger partial charge in [-0.3, -0.25) is 9.69 Å².